The van der Waals surface area contributed by atoms with Crippen LogP contribution in [0.5, 0.6) is 0 Å². The number of hydrogen-bond donors (Lipinski definition) is 2. The van der Waals surface area contributed by atoms with E-state index in [0.29, 0.717) is 17.3 Å². The first-order valence-electron chi connectivity index (χ1n) is 8.07. The first kappa shape index (κ1) is 16.1. The van der Waals surface area contributed by atoms with Gasteiger partial charge in [-0.3, -0.25) is 14.6 Å². The van der Waals surface area contributed by atoms with Gasteiger partial charge in [0.1, 0.15) is 0 Å². The lowest BCUT2D eigenvalue weighted by molar-refractivity contribution is -0.124. The summed E-state index contributed by atoms with van der Waals surface area (Å²) in [5.41, 5.74) is 1.60. The molecule has 2 N–H and O–H groups in total. The lowest BCUT2D eigenvalue weighted by Gasteiger charge is -2.10. The normalized spacial score (nSPS) is 17.8. The second kappa shape index (κ2) is 7.64. The topological polar surface area (TPSA) is 70.6 Å². The predicted octanol–water partition coefficient (Wildman–Crippen LogP) is 2.33. The van der Waals surface area contributed by atoms with Crippen molar-refractivity contribution in [2.24, 2.45) is 10.9 Å². The fourth-order valence-corrected chi connectivity index (χ4v) is 3.60. The summed E-state index contributed by atoms with van der Waals surface area (Å²) < 4.78 is 0. The molecule has 2 aliphatic rings. The standard InChI is InChI=1S/C17H21N3O2S/c21-15(13-3-1-2-4-13)19-11-12-5-7-14(8-6-12)16(22)20-17-18-9-10-23-17/h5-8,13H,1-4,9-11H2,(H,19,21)(H,18,20,22). The number of amides is 2. The summed E-state index contributed by atoms with van der Waals surface area (Å²) in [5.74, 6) is 1.12. The summed E-state index contributed by atoms with van der Waals surface area (Å²) >= 11 is 1.56. The van der Waals surface area contributed by atoms with Crippen LogP contribution in [-0.4, -0.2) is 29.3 Å². The number of benzene rings is 1. The van der Waals surface area contributed by atoms with E-state index in [9.17, 15) is 9.59 Å². The Kier molecular flexibility index (Phi) is 5.33. The molecule has 2 amide bonds. The van der Waals surface area contributed by atoms with Crippen molar-refractivity contribution in [2.45, 2.75) is 32.2 Å². The zero-order valence-electron chi connectivity index (χ0n) is 13.0. The molecule has 3 rings (SSSR count). The molecule has 23 heavy (non-hydrogen) atoms. The third-order valence-electron chi connectivity index (χ3n) is 4.21. The van der Waals surface area contributed by atoms with Crippen molar-refractivity contribution < 1.29 is 9.59 Å². The Labute approximate surface area is 140 Å². The van der Waals surface area contributed by atoms with Crippen molar-refractivity contribution in [3.63, 3.8) is 0 Å². The Hall–Kier alpha value is -1.82. The Balaban J connectivity index is 1.50. The molecule has 6 heteroatoms. The molecule has 1 heterocycles. The van der Waals surface area contributed by atoms with Crippen LogP contribution in [0.2, 0.25) is 0 Å². The van der Waals surface area contributed by atoms with Gasteiger partial charge in [0.15, 0.2) is 5.17 Å². The van der Waals surface area contributed by atoms with Crippen LogP contribution < -0.4 is 10.6 Å². The van der Waals surface area contributed by atoms with Crippen LogP contribution >= 0.6 is 11.8 Å². The zero-order valence-corrected chi connectivity index (χ0v) is 13.8. The van der Waals surface area contributed by atoms with Crippen LogP contribution in [0.25, 0.3) is 0 Å². The van der Waals surface area contributed by atoms with E-state index in [1.165, 1.54) is 0 Å². The minimum Gasteiger partial charge on any atom is -0.352 e. The van der Waals surface area contributed by atoms with E-state index in [4.69, 9.17) is 0 Å². The first-order valence-corrected chi connectivity index (χ1v) is 9.06. The molecule has 0 unspecified atom stereocenters. The van der Waals surface area contributed by atoms with Crippen molar-refractivity contribution in [1.29, 1.82) is 0 Å². The molecule has 1 fully saturated rings. The van der Waals surface area contributed by atoms with Crippen molar-refractivity contribution in [3.05, 3.63) is 35.4 Å². The molecule has 1 aliphatic heterocycles. The average Bonchev–Trinajstić information content (AvgIpc) is 3.26. The van der Waals surface area contributed by atoms with Crippen LogP contribution in [0.3, 0.4) is 0 Å². The van der Waals surface area contributed by atoms with Gasteiger partial charge in [-0.15, -0.1) is 0 Å². The van der Waals surface area contributed by atoms with Crippen molar-refractivity contribution >= 4 is 28.7 Å². The van der Waals surface area contributed by atoms with E-state index in [-0.39, 0.29) is 17.7 Å². The van der Waals surface area contributed by atoms with Gasteiger partial charge in [-0.05, 0) is 30.5 Å². The number of aliphatic imine (C=N–C) groups is 1. The maximum Gasteiger partial charge on any atom is 0.257 e. The van der Waals surface area contributed by atoms with E-state index in [1.807, 2.05) is 12.1 Å². The molecule has 1 aromatic rings. The summed E-state index contributed by atoms with van der Waals surface area (Å²) in [6, 6.07) is 7.33. The molecule has 0 spiro atoms. The minimum atomic E-state index is -0.139. The van der Waals surface area contributed by atoms with Crippen LogP contribution in [0.15, 0.2) is 29.3 Å². The molecule has 1 saturated carbocycles. The number of amidine groups is 1. The van der Waals surface area contributed by atoms with Crippen LogP contribution in [0, 0.1) is 5.92 Å². The van der Waals surface area contributed by atoms with Crippen molar-refractivity contribution in [1.82, 2.24) is 10.6 Å². The highest BCUT2D eigenvalue weighted by Crippen LogP contribution is 2.24. The van der Waals surface area contributed by atoms with Crippen LogP contribution in [-0.2, 0) is 11.3 Å². The van der Waals surface area contributed by atoms with Gasteiger partial charge in [0.25, 0.3) is 5.91 Å². The molecule has 0 radical (unpaired) electrons. The predicted molar refractivity (Wildman–Crippen MR) is 92.5 cm³/mol. The number of carbonyl (C=O) groups excluding carboxylic acids is 2. The Morgan fingerprint density at radius 2 is 1.91 bits per heavy atom. The molecule has 0 aromatic heterocycles. The highest BCUT2D eigenvalue weighted by molar-refractivity contribution is 8.14. The third-order valence-corrected chi connectivity index (χ3v) is 5.11. The lowest BCUT2D eigenvalue weighted by atomic mass is 10.1. The average molecular weight is 331 g/mol. The highest BCUT2D eigenvalue weighted by atomic mass is 32.2. The molecule has 122 valence electrons. The second-order valence-electron chi connectivity index (χ2n) is 5.89. The number of hydrogen-bond acceptors (Lipinski definition) is 4. The van der Waals surface area contributed by atoms with Gasteiger partial charge >= 0.3 is 0 Å². The maximum absolute atomic E-state index is 12.1. The number of nitrogens with one attached hydrogen (secondary N) is 2. The van der Waals surface area contributed by atoms with Gasteiger partial charge in [0.05, 0.1) is 6.54 Å². The Morgan fingerprint density at radius 1 is 1.17 bits per heavy atom. The van der Waals surface area contributed by atoms with Crippen molar-refractivity contribution in [2.75, 3.05) is 12.3 Å². The molecular formula is C17H21N3O2S. The molecule has 0 saturated heterocycles. The summed E-state index contributed by atoms with van der Waals surface area (Å²) in [5, 5.41) is 6.49. The summed E-state index contributed by atoms with van der Waals surface area (Å²) in [4.78, 5) is 28.3. The Morgan fingerprint density at radius 3 is 2.57 bits per heavy atom. The summed E-state index contributed by atoms with van der Waals surface area (Å²) in [6.07, 6.45) is 4.33. The number of carbonyl (C=O) groups is 2. The number of rotatable bonds is 4. The Bertz CT molecular complexity index is 607. The zero-order chi connectivity index (χ0) is 16.1. The molecule has 1 aliphatic carbocycles. The SMILES string of the molecule is O=C(NC1=NCCS1)c1ccc(CNC(=O)C2CCCC2)cc1. The van der Waals surface area contributed by atoms with Gasteiger partial charge in [0.2, 0.25) is 5.91 Å². The third kappa shape index (κ3) is 4.34. The quantitative estimate of drug-likeness (QED) is 0.889. The van der Waals surface area contributed by atoms with Crippen molar-refractivity contribution in [3.8, 4) is 0 Å². The molecule has 1 aromatic carbocycles. The summed E-state index contributed by atoms with van der Waals surface area (Å²) in [7, 11) is 0. The maximum atomic E-state index is 12.1. The van der Waals surface area contributed by atoms with Gasteiger partial charge in [-0.25, -0.2) is 0 Å². The highest BCUT2D eigenvalue weighted by Gasteiger charge is 2.22. The lowest BCUT2D eigenvalue weighted by Crippen LogP contribution is -2.29. The van der Waals surface area contributed by atoms with E-state index in [1.54, 1.807) is 23.9 Å². The summed E-state index contributed by atoms with van der Waals surface area (Å²) in [6.45, 7) is 1.28. The van der Waals surface area contributed by atoms with E-state index < -0.39 is 0 Å². The fraction of sp³-hybridized carbons (Fsp3) is 0.471. The molecule has 0 atom stereocenters. The van der Waals surface area contributed by atoms with E-state index in [0.717, 1.165) is 43.5 Å². The largest absolute Gasteiger partial charge is 0.352 e. The molecular weight excluding hydrogens is 310 g/mol. The van der Waals surface area contributed by atoms with Gasteiger partial charge in [0, 0.05) is 23.8 Å². The van der Waals surface area contributed by atoms with Crippen LogP contribution in [0.4, 0.5) is 0 Å². The monoisotopic (exact) mass is 331 g/mol. The van der Waals surface area contributed by atoms with E-state index >= 15 is 0 Å². The van der Waals surface area contributed by atoms with Gasteiger partial charge in [-0.2, -0.15) is 0 Å². The molecule has 5 nitrogen and oxygen atoms in total. The second-order valence-corrected chi connectivity index (χ2v) is 6.97. The minimum absolute atomic E-state index is 0.139. The van der Waals surface area contributed by atoms with Gasteiger partial charge in [-0.1, -0.05) is 36.7 Å². The number of thioether (sulfide) groups is 1. The molecule has 0 bridgehead atoms. The van der Waals surface area contributed by atoms with E-state index in [2.05, 4.69) is 15.6 Å². The first-order chi connectivity index (χ1) is 11.2. The number of nitrogens with zero attached hydrogens (tertiary/aromatic N) is 1. The van der Waals surface area contributed by atoms with Gasteiger partial charge < -0.3 is 10.6 Å². The van der Waals surface area contributed by atoms with Crippen LogP contribution in [0.1, 0.15) is 41.6 Å². The smallest absolute Gasteiger partial charge is 0.257 e. The fourth-order valence-electron chi connectivity index (χ4n) is 2.88.